The lowest BCUT2D eigenvalue weighted by Crippen LogP contribution is -2.44. The smallest absolute Gasteiger partial charge is 0.497 e. The third-order valence-corrected chi connectivity index (χ3v) is 21.2. The monoisotopic (exact) mass is 2050 g/mol. The molecule has 11 N–H and O–H groups in total. The highest BCUT2D eigenvalue weighted by Crippen LogP contribution is 2.33. The van der Waals surface area contributed by atoms with E-state index < -0.39 is 46.8 Å². The zero-order chi connectivity index (χ0) is 107. The summed E-state index contributed by atoms with van der Waals surface area (Å²) < 4.78 is 138. The van der Waals surface area contributed by atoms with Gasteiger partial charge < -0.3 is 102 Å². The van der Waals surface area contributed by atoms with Gasteiger partial charge in [-0.15, -0.1) is 13.2 Å². The number of ketones is 1. The van der Waals surface area contributed by atoms with Crippen molar-refractivity contribution in [3.05, 3.63) is 286 Å². The topological polar surface area (TPSA) is 455 Å². The molecule has 0 spiro atoms. The highest BCUT2D eigenvalue weighted by molar-refractivity contribution is 6.08. The normalized spacial score (nSPS) is 13.9. The highest BCUT2D eigenvalue weighted by atomic mass is 19.4. The number of aromatic nitrogens is 12. The fourth-order valence-electron chi connectivity index (χ4n) is 14.2. The Morgan fingerprint density at radius 2 is 0.799 bits per heavy atom. The second-order valence-electron chi connectivity index (χ2n) is 33.8. The number of Topliss-reactive ketones (excluding diaryl/α,β-unsaturated/α-hetero) is 1. The van der Waals surface area contributed by atoms with Crippen LogP contribution in [0.3, 0.4) is 0 Å². The first-order valence-electron chi connectivity index (χ1n) is 46.3. The third-order valence-electron chi connectivity index (χ3n) is 21.2. The standard InChI is InChI=1S/C28H32FN5O4.C21H16F4N4O2.2C18H21FN6O2.C18H20FN5O2/c1-5-24(35)31-20-9-8-10-21(17-20)32-26-23(29)18-30-27(34-26)33-19-12-14-22(15-13-19)37-16-7-6-11-25(36)38-28(2,3)4;1-12(2)18(30)13-5-3-6-14(9-13)27-19-17(22)11-26-20(29-19)28-15-7-4-8-16(10-15)31-21(23,24)25;2*1-3-16(26)25-8-4-5-13(11-25)22-17-14(19)10-21-18(24-17)23-12-6-7-15(27-2)20-9-12;1-3-16(25)24-8-7-13(11-24)21-17-15(19)10-20-18(23-17)22-12-5-4-6-14(9-12)26-2/h5,8-10,12-15,17-18H,1,6-7,11,16H2,2-4H3,(H,31,35)(H2,30,32,33,34);3-11H,1H2,2H3,(H2,26,27,28,29);2*3,6-7,9-10,13H,1,4-5,8,11H2,2H3,(H2,21,22,23,24);3-6,9-10,13H,1,7-8,11H2,2H3,(H2,20,21,22,23)/t;;2*13-;/m..10./s1. The van der Waals surface area contributed by atoms with Crippen molar-refractivity contribution in [2.24, 2.45) is 0 Å². The Balaban J connectivity index is 0.000000178. The number of amides is 4. The van der Waals surface area contributed by atoms with Crippen molar-refractivity contribution in [3.8, 4) is 29.0 Å². The summed E-state index contributed by atoms with van der Waals surface area (Å²) in [5.74, 6) is -1.42. The summed E-state index contributed by atoms with van der Waals surface area (Å²) in [5, 5.41) is 32.2. The molecule has 1 unspecified atom stereocenters. The van der Waals surface area contributed by atoms with E-state index >= 15 is 0 Å². The second-order valence-corrected chi connectivity index (χ2v) is 33.8. The Kier molecular flexibility index (Phi) is 40.8. The second kappa shape index (κ2) is 54.6. The number of piperidine rings is 2. The van der Waals surface area contributed by atoms with Gasteiger partial charge in [0.2, 0.25) is 65.1 Å². The van der Waals surface area contributed by atoms with E-state index in [-0.39, 0.29) is 118 Å². The molecule has 0 aliphatic carbocycles. The number of esters is 1. The molecule has 149 heavy (non-hydrogen) atoms. The van der Waals surface area contributed by atoms with Gasteiger partial charge in [0.15, 0.2) is 64.0 Å². The third kappa shape index (κ3) is 36.3. The Morgan fingerprint density at radius 1 is 0.409 bits per heavy atom. The van der Waals surface area contributed by atoms with Crippen molar-refractivity contribution in [1.82, 2.24) is 74.5 Å². The predicted octanol–water partition coefficient (Wildman–Crippen LogP) is 19.1. The molecule has 5 aromatic carbocycles. The number of hydrogen-bond acceptors (Lipinski definition) is 34. The van der Waals surface area contributed by atoms with E-state index in [1.807, 2.05) is 39.0 Å². The van der Waals surface area contributed by atoms with Gasteiger partial charge in [-0.05, 0) is 194 Å². The molecule has 0 bridgehead atoms. The Bertz CT molecular complexity index is 6510. The summed E-state index contributed by atoms with van der Waals surface area (Å²) in [4.78, 5) is 124. The van der Waals surface area contributed by atoms with Crippen molar-refractivity contribution in [3.63, 3.8) is 0 Å². The number of carbonyl (C=O) groups excluding carboxylic acids is 6. The van der Waals surface area contributed by atoms with Crippen molar-refractivity contribution < 1.29 is 92.3 Å². The number of nitrogens with zero attached hydrogens (tertiary/aromatic N) is 15. The van der Waals surface area contributed by atoms with Gasteiger partial charge in [0.25, 0.3) is 0 Å². The van der Waals surface area contributed by atoms with Gasteiger partial charge in [0, 0.05) is 128 Å². The van der Waals surface area contributed by atoms with Gasteiger partial charge in [0.1, 0.15) is 22.8 Å². The van der Waals surface area contributed by atoms with Crippen molar-refractivity contribution >= 4 is 140 Å². The van der Waals surface area contributed by atoms with E-state index in [0.717, 1.165) is 87.0 Å². The maximum absolute atomic E-state index is 14.4. The van der Waals surface area contributed by atoms with Crippen LogP contribution in [-0.4, -0.2) is 207 Å². The number of methoxy groups -OCH3 is 3. The predicted molar refractivity (Wildman–Crippen MR) is 549 cm³/mol. The SMILES string of the molecule is C=C(C)C(=O)c1cccc(Nc2nc(Nc3cccc(OC(F)(F)F)c3)ncc2F)c1.C=CC(=O)N1CCC(Nc2nc(Nc3cccc(OC)c3)ncc2F)C1.C=CC(=O)N1CCC[C@@H](Nc2nc(Nc3ccc(OC)nc3)ncc2F)C1.C=CC(=O)N1CCC[C@H](Nc2nc(Nc3ccc(OC)nc3)ncc2F)C1.C=CC(=O)Nc1cccc(Nc2nc(Nc3ccc(OCCCCC(=O)OC(C)(C)C)cc3)ncc2F)c1. The molecule has 7 aromatic heterocycles. The van der Waals surface area contributed by atoms with Gasteiger partial charge in [0.05, 0.1) is 82.7 Å². The lowest BCUT2D eigenvalue weighted by atomic mass is 10.1. The van der Waals surface area contributed by atoms with Crippen LogP contribution >= 0.6 is 0 Å². The Hall–Kier alpha value is -18.0. The van der Waals surface area contributed by atoms with Crippen LogP contribution in [0, 0.1) is 29.1 Å². The number of benzene rings is 5. The highest BCUT2D eigenvalue weighted by Gasteiger charge is 2.33. The molecule has 38 nitrogen and oxygen atoms in total. The molecule has 3 fully saturated rings. The summed E-state index contributed by atoms with van der Waals surface area (Å²) in [5.41, 5.74) is 4.62. The first kappa shape index (κ1) is 111. The molecular formula is C103H110F8N26O12. The molecule has 3 aliphatic rings. The van der Waals surface area contributed by atoms with Crippen LogP contribution in [0.4, 0.5) is 139 Å². The molecule has 4 amide bonds. The number of allylic oxidation sites excluding steroid dienone is 1. The van der Waals surface area contributed by atoms with E-state index in [9.17, 15) is 63.9 Å². The maximum atomic E-state index is 14.4. The van der Waals surface area contributed by atoms with Crippen LogP contribution in [0.25, 0.3) is 0 Å². The molecule has 0 saturated carbocycles. The first-order valence-corrected chi connectivity index (χ1v) is 46.3. The fourth-order valence-corrected chi connectivity index (χ4v) is 14.2. The van der Waals surface area contributed by atoms with Gasteiger partial charge >= 0.3 is 12.3 Å². The Morgan fingerprint density at radius 3 is 1.22 bits per heavy atom. The average molecular weight is 2060 g/mol. The number of carbonyl (C=O) groups is 6. The molecule has 15 rings (SSSR count). The largest absolute Gasteiger partial charge is 0.573 e. The van der Waals surface area contributed by atoms with Crippen molar-refractivity contribution in [2.75, 3.05) is 126 Å². The maximum Gasteiger partial charge on any atom is 0.573 e. The number of ether oxygens (including phenoxy) is 6. The molecule has 10 heterocycles. The van der Waals surface area contributed by atoms with E-state index in [1.165, 1.54) is 50.6 Å². The number of hydrogen-bond donors (Lipinski definition) is 11. The van der Waals surface area contributed by atoms with Gasteiger partial charge in [-0.25, -0.2) is 56.8 Å². The summed E-state index contributed by atoms with van der Waals surface area (Å²) in [7, 11) is 4.65. The van der Waals surface area contributed by atoms with Crippen LogP contribution in [0.2, 0.25) is 0 Å². The molecule has 3 aliphatic heterocycles. The number of rotatable bonds is 37. The van der Waals surface area contributed by atoms with E-state index in [0.29, 0.717) is 134 Å². The van der Waals surface area contributed by atoms with E-state index in [1.54, 1.807) is 138 Å². The zero-order valence-corrected chi connectivity index (χ0v) is 82.2. The minimum Gasteiger partial charge on any atom is -0.497 e. The summed E-state index contributed by atoms with van der Waals surface area (Å²) in [6.07, 6.45) is 14.4. The van der Waals surface area contributed by atoms with Gasteiger partial charge in [-0.2, -0.15) is 24.9 Å². The fraction of sp³-hybridized carbons (Fsp3) is 0.262. The number of alkyl halides is 3. The zero-order valence-electron chi connectivity index (χ0n) is 82.2. The summed E-state index contributed by atoms with van der Waals surface area (Å²) in [6.45, 7) is 28.5. The lowest BCUT2D eigenvalue weighted by molar-refractivity contribution is -0.274. The quantitative estimate of drug-likeness (QED) is 0.00566. The van der Waals surface area contributed by atoms with Gasteiger partial charge in [-0.3, -0.25) is 28.8 Å². The number of halogens is 8. The number of anilines is 18. The van der Waals surface area contributed by atoms with E-state index in [4.69, 9.17) is 23.7 Å². The first-order chi connectivity index (χ1) is 71.5. The summed E-state index contributed by atoms with van der Waals surface area (Å²) in [6, 6.07) is 39.2. The van der Waals surface area contributed by atoms with Crippen LogP contribution < -0.4 is 82.2 Å². The minimum absolute atomic E-state index is 0.0268. The molecule has 3 atom stereocenters. The molecule has 780 valence electrons. The number of pyridine rings is 2. The molecule has 0 radical (unpaired) electrons. The molecular weight excluding hydrogens is 1950 g/mol. The van der Waals surface area contributed by atoms with Crippen molar-refractivity contribution in [2.45, 2.75) is 109 Å². The molecule has 12 aromatic rings. The number of likely N-dealkylation sites (tertiary alicyclic amines) is 3. The van der Waals surface area contributed by atoms with Crippen LogP contribution in [-0.2, 0) is 28.7 Å². The molecule has 46 heteroatoms. The number of nitrogens with one attached hydrogen (secondary N) is 11. The van der Waals surface area contributed by atoms with Crippen LogP contribution in [0.15, 0.2) is 252 Å². The van der Waals surface area contributed by atoms with Crippen LogP contribution in [0.5, 0.6) is 29.0 Å². The Labute approximate surface area is 852 Å². The van der Waals surface area contributed by atoms with Crippen LogP contribution in [0.1, 0.15) is 89.4 Å². The molecule has 3 saturated heterocycles. The van der Waals surface area contributed by atoms with E-state index in [2.05, 4.69) is 156 Å². The lowest BCUT2D eigenvalue weighted by Gasteiger charge is -2.32. The number of unbranched alkanes of at least 4 members (excludes halogenated alkanes) is 1. The average Bonchev–Trinajstić information content (AvgIpc) is 1.82. The van der Waals surface area contributed by atoms with Gasteiger partial charge in [-0.1, -0.05) is 63.2 Å². The van der Waals surface area contributed by atoms with Crippen molar-refractivity contribution in [1.29, 1.82) is 0 Å². The minimum atomic E-state index is -4.83. The summed E-state index contributed by atoms with van der Waals surface area (Å²) >= 11 is 0.